The first-order valence-corrected chi connectivity index (χ1v) is 11.2. The van der Waals surface area contributed by atoms with E-state index in [4.69, 9.17) is 14.2 Å². The highest BCUT2D eigenvalue weighted by atomic mass is 79.9. The fourth-order valence-electron chi connectivity index (χ4n) is 2.87. The van der Waals surface area contributed by atoms with Gasteiger partial charge in [-0.1, -0.05) is 40.2 Å². The molecule has 0 spiro atoms. The number of para-hydroxylation sites is 2. The molecule has 0 bridgehead atoms. The second kappa shape index (κ2) is 12.4. The molecule has 8 nitrogen and oxygen atoms in total. The van der Waals surface area contributed by atoms with E-state index in [1.165, 1.54) is 13.3 Å². The Morgan fingerprint density at radius 2 is 1.71 bits per heavy atom. The monoisotopic (exact) mass is 525 g/mol. The second-order valence-electron chi connectivity index (χ2n) is 6.91. The SMILES string of the molecule is CCOc1ccccc1NC(=O)C(=O)N/N=C\c1ccc(OCc2ccc(Br)cc2)c(OC)c1. The van der Waals surface area contributed by atoms with Crippen LogP contribution in [0.3, 0.4) is 0 Å². The third-order valence-electron chi connectivity index (χ3n) is 4.52. The van der Waals surface area contributed by atoms with Gasteiger partial charge in [0.25, 0.3) is 0 Å². The average molecular weight is 526 g/mol. The lowest BCUT2D eigenvalue weighted by molar-refractivity contribution is -0.136. The molecule has 0 unspecified atom stereocenters. The topological polar surface area (TPSA) is 98.2 Å². The van der Waals surface area contributed by atoms with Gasteiger partial charge in [-0.05, 0) is 60.5 Å². The minimum absolute atomic E-state index is 0.384. The van der Waals surface area contributed by atoms with E-state index in [1.54, 1.807) is 42.5 Å². The van der Waals surface area contributed by atoms with Crippen LogP contribution in [0.2, 0.25) is 0 Å². The molecule has 2 N–H and O–H groups in total. The Morgan fingerprint density at radius 1 is 0.941 bits per heavy atom. The predicted molar refractivity (Wildman–Crippen MR) is 133 cm³/mol. The van der Waals surface area contributed by atoms with Crippen molar-refractivity contribution in [1.29, 1.82) is 0 Å². The summed E-state index contributed by atoms with van der Waals surface area (Å²) in [4.78, 5) is 24.3. The molecule has 0 radical (unpaired) electrons. The molecule has 2 amide bonds. The molecule has 3 aromatic carbocycles. The molecule has 9 heteroatoms. The van der Waals surface area contributed by atoms with Gasteiger partial charge >= 0.3 is 11.8 Å². The van der Waals surface area contributed by atoms with Crippen molar-refractivity contribution in [3.8, 4) is 17.2 Å². The van der Waals surface area contributed by atoms with Crippen LogP contribution in [0.15, 0.2) is 76.3 Å². The maximum atomic E-state index is 12.2. The van der Waals surface area contributed by atoms with Crippen molar-refractivity contribution in [2.75, 3.05) is 19.0 Å². The highest BCUT2D eigenvalue weighted by molar-refractivity contribution is 9.10. The highest BCUT2D eigenvalue weighted by Crippen LogP contribution is 2.28. The summed E-state index contributed by atoms with van der Waals surface area (Å²) in [5.74, 6) is -0.219. The molecule has 0 aliphatic heterocycles. The van der Waals surface area contributed by atoms with Crippen molar-refractivity contribution in [1.82, 2.24) is 5.43 Å². The minimum atomic E-state index is -0.913. The van der Waals surface area contributed by atoms with Crippen molar-refractivity contribution in [3.63, 3.8) is 0 Å². The minimum Gasteiger partial charge on any atom is -0.493 e. The van der Waals surface area contributed by atoms with Crippen LogP contribution >= 0.6 is 15.9 Å². The Morgan fingerprint density at radius 3 is 2.44 bits per heavy atom. The van der Waals surface area contributed by atoms with Crippen molar-refractivity contribution in [2.24, 2.45) is 5.10 Å². The molecule has 0 aliphatic carbocycles. The number of amides is 2. The number of carbonyl (C=O) groups is 2. The first-order chi connectivity index (χ1) is 16.5. The van der Waals surface area contributed by atoms with Gasteiger partial charge in [0.05, 0.1) is 25.6 Å². The van der Waals surface area contributed by atoms with Gasteiger partial charge in [0.15, 0.2) is 11.5 Å². The van der Waals surface area contributed by atoms with E-state index in [1.807, 2.05) is 31.2 Å². The van der Waals surface area contributed by atoms with Gasteiger partial charge in [0.1, 0.15) is 12.4 Å². The molecule has 0 saturated carbocycles. The van der Waals surface area contributed by atoms with E-state index in [2.05, 4.69) is 31.8 Å². The van der Waals surface area contributed by atoms with Gasteiger partial charge in [0.2, 0.25) is 0 Å². The van der Waals surface area contributed by atoms with Crippen LogP contribution in [-0.4, -0.2) is 31.7 Å². The molecule has 0 saturated heterocycles. The van der Waals surface area contributed by atoms with Crippen molar-refractivity contribution < 1.29 is 23.8 Å². The number of methoxy groups -OCH3 is 1. The maximum absolute atomic E-state index is 12.2. The summed E-state index contributed by atoms with van der Waals surface area (Å²) in [6.45, 7) is 2.64. The van der Waals surface area contributed by atoms with E-state index in [9.17, 15) is 9.59 Å². The Bertz CT molecular complexity index is 1170. The van der Waals surface area contributed by atoms with E-state index >= 15 is 0 Å². The normalized spacial score (nSPS) is 10.6. The smallest absolute Gasteiger partial charge is 0.329 e. The van der Waals surface area contributed by atoms with Crippen LogP contribution in [0.5, 0.6) is 17.2 Å². The zero-order valence-electron chi connectivity index (χ0n) is 18.7. The number of nitrogens with one attached hydrogen (secondary N) is 2. The number of rotatable bonds is 9. The Balaban J connectivity index is 1.56. The average Bonchev–Trinajstić information content (AvgIpc) is 2.85. The maximum Gasteiger partial charge on any atom is 0.329 e. The molecule has 3 aromatic rings. The van der Waals surface area contributed by atoms with Crippen LogP contribution in [-0.2, 0) is 16.2 Å². The quantitative estimate of drug-likeness (QED) is 0.243. The number of hydrogen-bond acceptors (Lipinski definition) is 6. The fraction of sp³-hybridized carbons (Fsp3) is 0.160. The number of ether oxygens (including phenoxy) is 3. The second-order valence-corrected chi connectivity index (χ2v) is 7.82. The van der Waals surface area contributed by atoms with Gasteiger partial charge in [-0.15, -0.1) is 0 Å². The van der Waals surface area contributed by atoms with E-state index in [-0.39, 0.29) is 0 Å². The molecule has 0 atom stereocenters. The molecule has 176 valence electrons. The van der Waals surface area contributed by atoms with Crippen LogP contribution in [0.1, 0.15) is 18.1 Å². The molecule has 0 fully saturated rings. The van der Waals surface area contributed by atoms with Gasteiger partial charge in [0, 0.05) is 4.47 Å². The van der Waals surface area contributed by atoms with Crippen LogP contribution < -0.4 is 25.0 Å². The van der Waals surface area contributed by atoms with Crippen LogP contribution in [0.25, 0.3) is 0 Å². The number of carbonyl (C=O) groups excluding carboxylic acids is 2. The third-order valence-corrected chi connectivity index (χ3v) is 5.04. The first-order valence-electron chi connectivity index (χ1n) is 10.4. The first kappa shape index (κ1) is 24.8. The summed E-state index contributed by atoms with van der Waals surface area (Å²) in [6, 6.07) is 19.9. The number of nitrogens with zero attached hydrogens (tertiary/aromatic N) is 1. The molecular weight excluding hydrogens is 502 g/mol. The zero-order valence-corrected chi connectivity index (χ0v) is 20.3. The third kappa shape index (κ3) is 7.08. The van der Waals surface area contributed by atoms with E-state index in [0.29, 0.717) is 41.7 Å². The Hall–Kier alpha value is -3.85. The number of anilines is 1. The highest BCUT2D eigenvalue weighted by Gasteiger charge is 2.15. The van der Waals surface area contributed by atoms with Crippen molar-refractivity contribution in [3.05, 3.63) is 82.3 Å². The fourth-order valence-corrected chi connectivity index (χ4v) is 3.14. The number of hydrogen-bond donors (Lipinski definition) is 2. The van der Waals surface area contributed by atoms with Crippen LogP contribution in [0, 0.1) is 0 Å². The number of hydrazone groups is 1. The molecule has 0 aliphatic rings. The van der Waals surface area contributed by atoms with Gasteiger partial charge < -0.3 is 19.5 Å². The lowest BCUT2D eigenvalue weighted by Gasteiger charge is -2.11. The summed E-state index contributed by atoms with van der Waals surface area (Å²) < 4.78 is 17.7. The standard InChI is InChI=1S/C25H24BrN3O5/c1-3-33-21-7-5-4-6-20(21)28-24(30)25(31)29-27-15-18-10-13-22(23(14-18)32-2)34-16-17-8-11-19(26)12-9-17/h4-15H,3,16H2,1-2H3,(H,28,30)(H,29,31)/b27-15-. The summed E-state index contributed by atoms with van der Waals surface area (Å²) >= 11 is 3.41. The lowest BCUT2D eigenvalue weighted by Crippen LogP contribution is -2.32. The predicted octanol–water partition coefficient (Wildman–Crippen LogP) is 4.52. The van der Waals surface area contributed by atoms with Crippen molar-refractivity contribution in [2.45, 2.75) is 13.5 Å². The summed E-state index contributed by atoms with van der Waals surface area (Å²) in [6.07, 6.45) is 1.40. The summed E-state index contributed by atoms with van der Waals surface area (Å²) in [5.41, 5.74) is 4.27. The zero-order chi connectivity index (χ0) is 24.3. The van der Waals surface area contributed by atoms with Gasteiger partial charge in [-0.3, -0.25) is 9.59 Å². The van der Waals surface area contributed by atoms with Gasteiger partial charge in [-0.2, -0.15) is 5.10 Å². The lowest BCUT2D eigenvalue weighted by atomic mass is 10.2. The Kier molecular flexibility index (Phi) is 9.04. The molecule has 34 heavy (non-hydrogen) atoms. The number of benzene rings is 3. The van der Waals surface area contributed by atoms with E-state index in [0.717, 1.165) is 10.0 Å². The van der Waals surface area contributed by atoms with Crippen molar-refractivity contribution >= 4 is 39.6 Å². The summed E-state index contributed by atoms with van der Waals surface area (Å²) in [7, 11) is 1.54. The molecule has 0 heterocycles. The molecular formula is C25H24BrN3O5. The van der Waals surface area contributed by atoms with E-state index < -0.39 is 11.8 Å². The largest absolute Gasteiger partial charge is 0.493 e. The summed E-state index contributed by atoms with van der Waals surface area (Å²) in [5, 5.41) is 6.36. The molecule has 3 rings (SSSR count). The molecule has 0 aromatic heterocycles. The Labute approximate surface area is 206 Å². The number of halogens is 1. The van der Waals surface area contributed by atoms with Gasteiger partial charge in [-0.25, -0.2) is 5.43 Å². The van der Waals surface area contributed by atoms with Crippen LogP contribution in [0.4, 0.5) is 5.69 Å².